The summed E-state index contributed by atoms with van der Waals surface area (Å²) in [5, 5.41) is 17.4. The molecule has 0 amide bonds. The number of aryl methyl sites for hydroxylation is 2. The minimum absolute atomic E-state index is 0.641. The third kappa shape index (κ3) is 3.06. The minimum atomic E-state index is 0.641. The molecule has 6 nitrogen and oxygen atoms in total. The van der Waals surface area contributed by atoms with E-state index in [9.17, 15) is 0 Å². The van der Waals surface area contributed by atoms with E-state index >= 15 is 0 Å². The van der Waals surface area contributed by atoms with Gasteiger partial charge in [-0.2, -0.15) is 5.10 Å². The van der Waals surface area contributed by atoms with Gasteiger partial charge < -0.3 is 5.32 Å². The van der Waals surface area contributed by atoms with Crippen LogP contribution in [0.4, 0.5) is 5.82 Å². The lowest BCUT2D eigenvalue weighted by Gasteiger charge is -2.08. The lowest BCUT2D eigenvalue weighted by molar-refractivity contribution is 0.782. The Hall–Kier alpha value is -3.28. The van der Waals surface area contributed by atoms with E-state index in [1.54, 1.807) is 4.68 Å². The number of para-hydroxylation sites is 1. The van der Waals surface area contributed by atoms with Crippen molar-refractivity contribution < 1.29 is 0 Å². The number of rotatable bonds is 4. The number of hydrogen-bond acceptors (Lipinski definition) is 5. The molecule has 6 heteroatoms. The van der Waals surface area contributed by atoms with Gasteiger partial charge in [-0.15, -0.1) is 10.2 Å². The maximum Gasteiger partial charge on any atom is 0.176 e. The molecule has 124 valence electrons. The average Bonchev–Trinajstić information content (AvgIpc) is 2.98. The van der Waals surface area contributed by atoms with E-state index in [-0.39, 0.29) is 0 Å². The second-order valence-corrected chi connectivity index (χ2v) is 5.96. The van der Waals surface area contributed by atoms with Gasteiger partial charge >= 0.3 is 0 Å². The van der Waals surface area contributed by atoms with Crippen molar-refractivity contribution in [2.24, 2.45) is 0 Å². The van der Waals surface area contributed by atoms with E-state index < -0.39 is 0 Å². The van der Waals surface area contributed by atoms with Crippen molar-refractivity contribution in [1.29, 1.82) is 0 Å². The highest BCUT2D eigenvalue weighted by atomic mass is 15.4. The average molecular weight is 330 g/mol. The van der Waals surface area contributed by atoms with Crippen LogP contribution in [0.2, 0.25) is 0 Å². The summed E-state index contributed by atoms with van der Waals surface area (Å²) in [5.74, 6) is 1.43. The molecule has 0 aliphatic heterocycles. The number of benzene rings is 1. The highest BCUT2D eigenvalue weighted by Crippen LogP contribution is 2.17. The van der Waals surface area contributed by atoms with Crippen LogP contribution in [0.3, 0.4) is 0 Å². The maximum atomic E-state index is 4.47. The van der Waals surface area contributed by atoms with Crippen LogP contribution in [0.25, 0.3) is 16.7 Å². The first-order valence-electron chi connectivity index (χ1n) is 8.14. The van der Waals surface area contributed by atoms with E-state index in [2.05, 4.69) is 43.8 Å². The van der Waals surface area contributed by atoms with Crippen molar-refractivity contribution in [3.05, 3.63) is 71.7 Å². The second-order valence-electron chi connectivity index (χ2n) is 5.96. The van der Waals surface area contributed by atoms with Crippen molar-refractivity contribution >= 4 is 16.7 Å². The van der Waals surface area contributed by atoms with Crippen LogP contribution in [0, 0.1) is 13.8 Å². The van der Waals surface area contributed by atoms with Gasteiger partial charge in [-0.1, -0.05) is 24.3 Å². The number of nitrogens with zero attached hydrogens (tertiary/aromatic N) is 5. The Morgan fingerprint density at radius 2 is 1.88 bits per heavy atom. The molecule has 1 aromatic carbocycles. The summed E-state index contributed by atoms with van der Waals surface area (Å²) >= 11 is 0. The number of aromatic nitrogens is 5. The summed E-state index contributed by atoms with van der Waals surface area (Å²) in [6.07, 6.45) is 1.81. The first-order valence-corrected chi connectivity index (χ1v) is 8.14. The largest absolute Gasteiger partial charge is 0.364 e. The molecule has 4 rings (SSSR count). The molecule has 0 spiro atoms. The van der Waals surface area contributed by atoms with Gasteiger partial charge in [0, 0.05) is 23.8 Å². The van der Waals surface area contributed by atoms with Gasteiger partial charge in [0.2, 0.25) is 0 Å². The molecular formula is C19H18N6. The van der Waals surface area contributed by atoms with Crippen molar-refractivity contribution in [2.75, 3.05) is 5.32 Å². The van der Waals surface area contributed by atoms with Gasteiger partial charge in [0.1, 0.15) is 5.82 Å². The summed E-state index contributed by atoms with van der Waals surface area (Å²) in [4.78, 5) is 4.47. The smallest absolute Gasteiger partial charge is 0.176 e. The van der Waals surface area contributed by atoms with Crippen LogP contribution in [-0.2, 0) is 6.54 Å². The lowest BCUT2D eigenvalue weighted by atomic mass is 10.1. The van der Waals surface area contributed by atoms with Crippen molar-refractivity contribution in [2.45, 2.75) is 20.4 Å². The molecule has 0 atom stereocenters. The zero-order chi connectivity index (χ0) is 17.2. The Morgan fingerprint density at radius 1 is 1.00 bits per heavy atom. The van der Waals surface area contributed by atoms with Gasteiger partial charge in [-0.25, -0.2) is 4.68 Å². The molecule has 3 heterocycles. The summed E-state index contributed by atoms with van der Waals surface area (Å²) in [7, 11) is 0. The summed E-state index contributed by atoms with van der Waals surface area (Å²) < 4.78 is 1.79. The predicted molar refractivity (Wildman–Crippen MR) is 97.7 cm³/mol. The Morgan fingerprint density at radius 3 is 2.64 bits per heavy atom. The van der Waals surface area contributed by atoms with E-state index in [1.807, 2.05) is 50.4 Å². The fourth-order valence-corrected chi connectivity index (χ4v) is 2.89. The first kappa shape index (κ1) is 15.3. The number of fused-ring (bicyclic) bond motifs is 1. The summed E-state index contributed by atoms with van der Waals surface area (Å²) in [6.45, 7) is 4.61. The molecule has 0 radical (unpaired) electrons. The van der Waals surface area contributed by atoms with Crippen molar-refractivity contribution in [3.63, 3.8) is 0 Å². The fourth-order valence-electron chi connectivity index (χ4n) is 2.89. The van der Waals surface area contributed by atoms with Crippen LogP contribution >= 0.6 is 0 Å². The summed E-state index contributed by atoms with van der Waals surface area (Å²) in [5.41, 5.74) is 4.13. The normalized spacial score (nSPS) is 11.0. The van der Waals surface area contributed by atoms with Gasteiger partial charge in [-0.05, 0) is 43.7 Å². The second kappa shape index (κ2) is 6.32. The molecule has 0 unspecified atom stereocenters. The standard InChI is InChI=1S/C19H18N6/c1-13-11-14(2)25(24-13)18-9-8-17(22-23-18)21-12-16-6-3-5-15-7-4-10-20-19(15)16/h3-11H,12H2,1-2H3,(H,21,22). The Bertz CT molecular complexity index is 1010. The van der Waals surface area contributed by atoms with E-state index in [4.69, 9.17) is 0 Å². The zero-order valence-corrected chi connectivity index (χ0v) is 14.1. The summed E-state index contributed by atoms with van der Waals surface area (Å²) in [6, 6.07) is 16.0. The molecule has 25 heavy (non-hydrogen) atoms. The van der Waals surface area contributed by atoms with Gasteiger partial charge in [0.25, 0.3) is 0 Å². The van der Waals surface area contributed by atoms with Crippen LogP contribution in [-0.4, -0.2) is 25.0 Å². The molecule has 0 saturated carbocycles. The van der Waals surface area contributed by atoms with E-state index in [1.165, 1.54) is 0 Å². The van der Waals surface area contributed by atoms with Crippen LogP contribution in [0.5, 0.6) is 0 Å². The van der Waals surface area contributed by atoms with Crippen molar-refractivity contribution in [3.8, 4) is 5.82 Å². The topological polar surface area (TPSA) is 68.5 Å². The quantitative estimate of drug-likeness (QED) is 0.621. The Kier molecular flexibility index (Phi) is 3.85. The molecule has 0 aliphatic carbocycles. The van der Waals surface area contributed by atoms with Crippen LogP contribution in [0.1, 0.15) is 17.0 Å². The molecular weight excluding hydrogens is 312 g/mol. The number of anilines is 1. The zero-order valence-electron chi connectivity index (χ0n) is 14.1. The van der Waals surface area contributed by atoms with Crippen LogP contribution in [0.15, 0.2) is 54.7 Å². The maximum absolute atomic E-state index is 4.47. The van der Waals surface area contributed by atoms with Gasteiger partial charge in [-0.3, -0.25) is 4.98 Å². The molecule has 0 aliphatic rings. The number of nitrogens with one attached hydrogen (secondary N) is 1. The molecule has 0 saturated heterocycles. The fraction of sp³-hybridized carbons (Fsp3) is 0.158. The SMILES string of the molecule is Cc1cc(C)n(-c2ccc(NCc3cccc4cccnc34)nn2)n1. The highest BCUT2D eigenvalue weighted by molar-refractivity contribution is 5.81. The molecule has 1 N–H and O–H groups in total. The monoisotopic (exact) mass is 330 g/mol. The Labute approximate surface area is 145 Å². The molecule has 0 bridgehead atoms. The molecule has 4 aromatic rings. The van der Waals surface area contributed by atoms with Crippen LogP contribution < -0.4 is 5.32 Å². The Balaban J connectivity index is 1.52. The number of pyridine rings is 1. The molecule has 3 aromatic heterocycles. The molecule has 0 fully saturated rings. The van der Waals surface area contributed by atoms with E-state index in [0.29, 0.717) is 12.4 Å². The minimum Gasteiger partial charge on any atom is -0.364 e. The third-order valence-corrected chi connectivity index (χ3v) is 4.05. The lowest BCUT2D eigenvalue weighted by Crippen LogP contribution is -2.07. The third-order valence-electron chi connectivity index (χ3n) is 4.05. The number of hydrogen-bond donors (Lipinski definition) is 1. The predicted octanol–water partition coefficient (Wildman–Crippen LogP) is 3.44. The van der Waals surface area contributed by atoms with E-state index in [0.717, 1.165) is 33.7 Å². The highest BCUT2D eigenvalue weighted by Gasteiger charge is 2.06. The van der Waals surface area contributed by atoms with Crippen molar-refractivity contribution in [1.82, 2.24) is 25.0 Å². The first-order chi connectivity index (χ1) is 12.2. The van der Waals surface area contributed by atoms with Gasteiger partial charge in [0.05, 0.1) is 11.2 Å². The van der Waals surface area contributed by atoms with Gasteiger partial charge in [0.15, 0.2) is 5.82 Å².